The maximum Gasteiger partial charge on any atom is 0.433 e. The first-order valence-electron chi connectivity index (χ1n) is 4.95. The summed E-state index contributed by atoms with van der Waals surface area (Å²) in [5.74, 6) is -1.57. The maximum absolute atomic E-state index is 12.6. The SMILES string of the molecule is O=C(O)c1cccn1-c1nc(C(F)(F)F)ccc1Cl. The molecule has 2 aromatic rings. The molecule has 2 heterocycles. The zero-order valence-corrected chi connectivity index (χ0v) is 9.90. The van der Waals surface area contributed by atoms with Crippen molar-refractivity contribution in [2.24, 2.45) is 0 Å². The van der Waals surface area contributed by atoms with Crippen molar-refractivity contribution < 1.29 is 23.1 Å². The molecule has 0 spiro atoms. The Morgan fingerprint density at radius 3 is 2.58 bits per heavy atom. The van der Waals surface area contributed by atoms with Crippen LogP contribution in [0.3, 0.4) is 0 Å². The summed E-state index contributed by atoms with van der Waals surface area (Å²) in [6, 6.07) is 4.37. The van der Waals surface area contributed by atoms with E-state index in [4.69, 9.17) is 16.7 Å². The molecule has 100 valence electrons. The smallest absolute Gasteiger partial charge is 0.433 e. The van der Waals surface area contributed by atoms with E-state index < -0.39 is 17.8 Å². The average Bonchev–Trinajstić information content (AvgIpc) is 2.76. The number of carbonyl (C=O) groups is 1. The highest BCUT2D eigenvalue weighted by Crippen LogP contribution is 2.30. The number of rotatable bonds is 2. The Morgan fingerprint density at radius 1 is 1.32 bits per heavy atom. The van der Waals surface area contributed by atoms with Crippen LogP contribution in [0.2, 0.25) is 5.02 Å². The van der Waals surface area contributed by atoms with E-state index >= 15 is 0 Å². The number of hydrogen-bond donors (Lipinski definition) is 1. The Balaban J connectivity index is 2.62. The van der Waals surface area contributed by atoms with Gasteiger partial charge < -0.3 is 5.11 Å². The first-order chi connectivity index (χ1) is 8.80. The van der Waals surface area contributed by atoms with Gasteiger partial charge in [-0.2, -0.15) is 13.2 Å². The third kappa shape index (κ3) is 2.55. The number of aromatic carboxylic acids is 1. The first-order valence-corrected chi connectivity index (χ1v) is 5.33. The van der Waals surface area contributed by atoms with Crippen LogP contribution in [0.5, 0.6) is 0 Å². The molecule has 1 N–H and O–H groups in total. The number of aromatic nitrogens is 2. The second-order valence-corrected chi connectivity index (χ2v) is 3.98. The molecule has 2 rings (SSSR count). The van der Waals surface area contributed by atoms with Crippen LogP contribution in [0.1, 0.15) is 16.2 Å². The summed E-state index contributed by atoms with van der Waals surface area (Å²) in [5, 5.41) is 8.84. The summed E-state index contributed by atoms with van der Waals surface area (Å²) < 4.78 is 38.7. The molecular weight excluding hydrogens is 285 g/mol. The molecular formula is C11H6ClF3N2O2. The summed E-state index contributed by atoms with van der Waals surface area (Å²) in [6.07, 6.45) is -3.35. The number of carboxylic acid groups (broad SMARTS) is 1. The molecule has 19 heavy (non-hydrogen) atoms. The van der Waals surface area contributed by atoms with E-state index in [0.29, 0.717) is 0 Å². The van der Waals surface area contributed by atoms with Crippen molar-refractivity contribution >= 4 is 17.6 Å². The predicted molar refractivity (Wildman–Crippen MR) is 60.5 cm³/mol. The second-order valence-electron chi connectivity index (χ2n) is 3.57. The third-order valence-corrected chi connectivity index (χ3v) is 2.61. The van der Waals surface area contributed by atoms with E-state index in [0.717, 1.165) is 16.7 Å². The van der Waals surface area contributed by atoms with Gasteiger partial charge in [0.05, 0.1) is 5.02 Å². The number of alkyl halides is 3. The minimum absolute atomic E-state index is 0.0771. The number of pyridine rings is 1. The van der Waals surface area contributed by atoms with Gasteiger partial charge in [-0.25, -0.2) is 9.78 Å². The molecule has 0 aliphatic carbocycles. The molecule has 0 atom stereocenters. The highest BCUT2D eigenvalue weighted by Gasteiger charge is 2.33. The van der Waals surface area contributed by atoms with Gasteiger partial charge in [0, 0.05) is 6.20 Å². The summed E-state index contributed by atoms with van der Waals surface area (Å²) in [5.41, 5.74) is -1.37. The lowest BCUT2D eigenvalue weighted by molar-refractivity contribution is -0.141. The molecule has 0 unspecified atom stereocenters. The van der Waals surface area contributed by atoms with Crippen LogP contribution < -0.4 is 0 Å². The fourth-order valence-electron chi connectivity index (χ4n) is 1.50. The van der Waals surface area contributed by atoms with E-state index in [1.54, 1.807) is 0 Å². The van der Waals surface area contributed by atoms with Gasteiger partial charge in [-0.15, -0.1) is 0 Å². The van der Waals surface area contributed by atoms with Crippen molar-refractivity contribution in [2.75, 3.05) is 0 Å². The molecule has 0 bridgehead atoms. The first kappa shape index (κ1) is 13.4. The summed E-state index contributed by atoms with van der Waals surface area (Å²) in [6.45, 7) is 0. The number of carboxylic acids is 1. The zero-order valence-electron chi connectivity index (χ0n) is 9.15. The van der Waals surface area contributed by atoms with Gasteiger partial charge in [0.1, 0.15) is 11.4 Å². The topological polar surface area (TPSA) is 55.1 Å². The molecule has 0 saturated carbocycles. The Morgan fingerprint density at radius 2 is 2.00 bits per heavy atom. The largest absolute Gasteiger partial charge is 0.477 e. The van der Waals surface area contributed by atoms with Gasteiger partial charge in [0.25, 0.3) is 0 Å². The van der Waals surface area contributed by atoms with E-state index in [1.807, 2.05) is 0 Å². The minimum Gasteiger partial charge on any atom is -0.477 e. The lowest BCUT2D eigenvalue weighted by Crippen LogP contribution is -2.13. The Labute approximate surface area is 110 Å². The van der Waals surface area contributed by atoms with Crippen molar-refractivity contribution in [3.63, 3.8) is 0 Å². The van der Waals surface area contributed by atoms with Crippen LogP contribution in [-0.2, 0) is 6.18 Å². The number of hydrogen-bond acceptors (Lipinski definition) is 2. The molecule has 0 saturated heterocycles. The highest BCUT2D eigenvalue weighted by molar-refractivity contribution is 6.32. The molecule has 4 nitrogen and oxygen atoms in total. The lowest BCUT2D eigenvalue weighted by atomic mass is 10.3. The minimum atomic E-state index is -4.63. The quantitative estimate of drug-likeness (QED) is 0.924. The summed E-state index contributed by atoms with van der Waals surface area (Å²) in [4.78, 5) is 14.3. The lowest BCUT2D eigenvalue weighted by Gasteiger charge is -2.11. The second kappa shape index (κ2) is 4.58. The third-order valence-electron chi connectivity index (χ3n) is 2.31. The number of nitrogens with zero attached hydrogens (tertiary/aromatic N) is 2. The molecule has 0 radical (unpaired) electrons. The average molecular weight is 291 g/mol. The van der Waals surface area contributed by atoms with Crippen LogP contribution in [0.25, 0.3) is 5.82 Å². The van der Waals surface area contributed by atoms with Crippen LogP contribution in [-0.4, -0.2) is 20.6 Å². The normalized spacial score (nSPS) is 11.6. The Kier molecular flexibility index (Phi) is 3.23. The van der Waals surface area contributed by atoms with Gasteiger partial charge in [0.15, 0.2) is 5.82 Å². The molecule has 2 aromatic heterocycles. The van der Waals surface area contributed by atoms with E-state index in [1.165, 1.54) is 18.3 Å². The Hall–Kier alpha value is -2.02. The van der Waals surface area contributed by atoms with Crippen LogP contribution in [0.4, 0.5) is 13.2 Å². The molecule has 8 heteroatoms. The van der Waals surface area contributed by atoms with Crippen LogP contribution in [0, 0.1) is 0 Å². The van der Waals surface area contributed by atoms with Gasteiger partial charge in [-0.3, -0.25) is 4.57 Å². The Bertz CT molecular complexity index is 637. The van der Waals surface area contributed by atoms with Gasteiger partial charge in [-0.05, 0) is 24.3 Å². The van der Waals surface area contributed by atoms with Crippen molar-refractivity contribution in [2.45, 2.75) is 6.18 Å². The van der Waals surface area contributed by atoms with Crippen molar-refractivity contribution in [3.05, 3.63) is 46.9 Å². The molecule has 0 aliphatic heterocycles. The zero-order chi connectivity index (χ0) is 14.2. The van der Waals surface area contributed by atoms with E-state index in [-0.39, 0.29) is 16.5 Å². The summed E-state index contributed by atoms with van der Waals surface area (Å²) >= 11 is 5.77. The van der Waals surface area contributed by atoms with Gasteiger partial charge in [0.2, 0.25) is 0 Å². The summed E-state index contributed by atoms with van der Waals surface area (Å²) in [7, 11) is 0. The fraction of sp³-hybridized carbons (Fsp3) is 0.0909. The number of halogens is 4. The van der Waals surface area contributed by atoms with Crippen LogP contribution >= 0.6 is 11.6 Å². The predicted octanol–water partition coefficient (Wildman–Crippen LogP) is 3.24. The molecule has 0 amide bonds. The standard InChI is InChI=1S/C11H6ClF3N2O2/c12-6-3-4-8(11(13,14)15)16-9(6)17-5-1-2-7(17)10(18)19/h1-5H,(H,18,19). The van der Waals surface area contributed by atoms with E-state index in [2.05, 4.69) is 4.98 Å². The monoisotopic (exact) mass is 290 g/mol. The van der Waals surface area contributed by atoms with Gasteiger partial charge >= 0.3 is 12.1 Å². The van der Waals surface area contributed by atoms with Crippen molar-refractivity contribution in [1.82, 2.24) is 9.55 Å². The van der Waals surface area contributed by atoms with Crippen LogP contribution in [0.15, 0.2) is 30.5 Å². The fourth-order valence-corrected chi connectivity index (χ4v) is 1.69. The van der Waals surface area contributed by atoms with Crippen molar-refractivity contribution in [1.29, 1.82) is 0 Å². The molecule has 0 fully saturated rings. The van der Waals surface area contributed by atoms with Gasteiger partial charge in [-0.1, -0.05) is 11.6 Å². The van der Waals surface area contributed by atoms with E-state index in [9.17, 15) is 18.0 Å². The molecule has 0 aliphatic rings. The highest BCUT2D eigenvalue weighted by atomic mass is 35.5. The van der Waals surface area contributed by atoms with Crippen molar-refractivity contribution in [3.8, 4) is 5.82 Å². The molecule has 0 aromatic carbocycles. The maximum atomic E-state index is 12.6.